The van der Waals surface area contributed by atoms with E-state index in [9.17, 15) is 8.42 Å². The number of hydrogen-bond donors (Lipinski definition) is 1. The second-order valence-electron chi connectivity index (χ2n) is 5.22. The molecule has 1 rings (SSSR count). The lowest BCUT2D eigenvalue weighted by molar-refractivity contribution is 0.421. The number of rotatable bonds is 7. The van der Waals surface area contributed by atoms with Gasteiger partial charge in [0.25, 0.3) is 0 Å². The third-order valence-corrected chi connectivity index (χ3v) is 5.64. The van der Waals surface area contributed by atoms with Gasteiger partial charge in [-0.05, 0) is 32.7 Å². The minimum absolute atomic E-state index is 0.194. The Kier molecular flexibility index (Phi) is 7.19. The number of nitrogens with one attached hydrogen (secondary N) is 1. The van der Waals surface area contributed by atoms with E-state index >= 15 is 0 Å². The van der Waals surface area contributed by atoms with Crippen molar-refractivity contribution in [2.45, 2.75) is 57.9 Å². The third kappa shape index (κ3) is 5.67. The molecule has 0 aromatic heterocycles. The minimum atomic E-state index is -3.00. The van der Waals surface area contributed by atoms with E-state index in [0.717, 1.165) is 13.0 Å². The van der Waals surface area contributed by atoms with Crippen LogP contribution in [0.1, 0.15) is 51.9 Å². The molecule has 0 radical (unpaired) electrons. The first-order valence-corrected chi connectivity index (χ1v) is 8.84. The second kappa shape index (κ2) is 8.12. The lowest BCUT2D eigenvalue weighted by Gasteiger charge is -2.18. The van der Waals surface area contributed by atoms with Gasteiger partial charge in [0.15, 0.2) is 0 Å². The lowest BCUT2D eigenvalue weighted by Crippen LogP contribution is -2.34. The van der Waals surface area contributed by atoms with Crippen molar-refractivity contribution in [3.8, 4) is 0 Å². The molecule has 0 bridgehead atoms. The van der Waals surface area contributed by atoms with Crippen LogP contribution in [0.5, 0.6) is 0 Å². The molecule has 4 nitrogen and oxygen atoms in total. The molecular weight excluding hydrogens is 248 g/mol. The minimum Gasteiger partial charge on any atom is -0.314 e. The maximum Gasteiger partial charge on any atom is 0.213 e. The van der Waals surface area contributed by atoms with Crippen molar-refractivity contribution in [2.75, 3.05) is 25.9 Å². The summed E-state index contributed by atoms with van der Waals surface area (Å²) in [5, 5.41) is 3.56. The summed E-state index contributed by atoms with van der Waals surface area (Å²) in [5.74, 6) is 0.194. The maximum absolute atomic E-state index is 11.5. The van der Waals surface area contributed by atoms with Crippen molar-refractivity contribution in [3.05, 3.63) is 0 Å². The molecule has 108 valence electrons. The highest BCUT2D eigenvalue weighted by Gasteiger charge is 2.15. The summed E-state index contributed by atoms with van der Waals surface area (Å²) in [7, 11) is -1.33. The second-order valence-corrected chi connectivity index (χ2v) is 7.58. The van der Waals surface area contributed by atoms with Gasteiger partial charge in [-0.3, -0.25) is 0 Å². The Morgan fingerprint density at radius 1 is 1.17 bits per heavy atom. The average molecular weight is 276 g/mol. The van der Waals surface area contributed by atoms with Crippen molar-refractivity contribution < 1.29 is 8.42 Å². The van der Waals surface area contributed by atoms with Crippen LogP contribution in [0, 0.1) is 0 Å². The van der Waals surface area contributed by atoms with Gasteiger partial charge in [0.1, 0.15) is 0 Å². The van der Waals surface area contributed by atoms with Crippen molar-refractivity contribution >= 4 is 10.0 Å². The first kappa shape index (κ1) is 15.9. The Morgan fingerprint density at radius 3 is 2.33 bits per heavy atom. The SMILES string of the molecule is CCS(=O)(=O)N(C)CCCNC1CCCCCC1. The van der Waals surface area contributed by atoms with Crippen LogP contribution in [0.2, 0.25) is 0 Å². The third-order valence-electron chi connectivity index (χ3n) is 3.78. The van der Waals surface area contributed by atoms with E-state index in [1.54, 1.807) is 14.0 Å². The van der Waals surface area contributed by atoms with Gasteiger partial charge in [-0.15, -0.1) is 0 Å². The normalized spacial score (nSPS) is 19.1. The molecule has 5 heteroatoms. The number of hydrogen-bond acceptors (Lipinski definition) is 3. The molecule has 1 aliphatic rings. The summed E-state index contributed by atoms with van der Waals surface area (Å²) in [5.41, 5.74) is 0. The summed E-state index contributed by atoms with van der Waals surface area (Å²) in [6.45, 7) is 3.24. The molecule has 1 aliphatic carbocycles. The van der Waals surface area contributed by atoms with E-state index in [1.165, 1.54) is 42.8 Å². The molecule has 1 fully saturated rings. The topological polar surface area (TPSA) is 49.4 Å². The molecule has 18 heavy (non-hydrogen) atoms. The summed E-state index contributed by atoms with van der Waals surface area (Å²) in [4.78, 5) is 0. The van der Waals surface area contributed by atoms with Gasteiger partial charge >= 0.3 is 0 Å². The predicted molar refractivity (Wildman–Crippen MR) is 76.2 cm³/mol. The van der Waals surface area contributed by atoms with Gasteiger partial charge in [0.2, 0.25) is 10.0 Å². The van der Waals surface area contributed by atoms with E-state index in [1.807, 2.05) is 0 Å². The van der Waals surface area contributed by atoms with E-state index in [0.29, 0.717) is 12.6 Å². The molecule has 0 amide bonds. The smallest absolute Gasteiger partial charge is 0.213 e. The van der Waals surface area contributed by atoms with Crippen molar-refractivity contribution in [2.24, 2.45) is 0 Å². The molecule has 0 saturated heterocycles. The number of nitrogens with zero attached hydrogens (tertiary/aromatic N) is 1. The molecule has 0 atom stereocenters. The summed E-state index contributed by atoms with van der Waals surface area (Å²) < 4.78 is 24.6. The highest BCUT2D eigenvalue weighted by atomic mass is 32.2. The van der Waals surface area contributed by atoms with E-state index in [-0.39, 0.29) is 5.75 Å². The fourth-order valence-corrected chi connectivity index (χ4v) is 3.30. The van der Waals surface area contributed by atoms with Crippen LogP contribution >= 0.6 is 0 Å². The molecule has 0 aromatic rings. The van der Waals surface area contributed by atoms with Crippen LogP contribution in [-0.4, -0.2) is 44.7 Å². The molecule has 0 aromatic carbocycles. The highest BCUT2D eigenvalue weighted by molar-refractivity contribution is 7.89. The first-order chi connectivity index (χ1) is 8.56. The fourth-order valence-electron chi connectivity index (χ4n) is 2.45. The van der Waals surface area contributed by atoms with Crippen molar-refractivity contribution in [1.29, 1.82) is 0 Å². The zero-order chi connectivity index (χ0) is 13.4. The van der Waals surface area contributed by atoms with Gasteiger partial charge < -0.3 is 5.32 Å². The molecule has 0 spiro atoms. The molecule has 1 N–H and O–H groups in total. The zero-order valence-corrected chi connectivity index (χ0v) is 12.6. The van der Waals surface area contributed by atoms with Crippen LogP contribution in [0.15, 0.2) is 0 Å². The number of sulfonamides is 1. The maximum atomic E-state index is 11.5. The Bertz CT molecular complexity index is 309. The van der Waals surface area contributed by atoms with Gasteiger partial charge in [-0.2, -0.15) is 0 Å². The van der Waals surface area contributed by atoms with Crippen LogP contribution < -0.4 is 5.32 Å². The molecule has 0 heterocycles. The Labute approximate surface area is 112 Å². The van der Waals surface area contributed by atoms with Gasteiger partial charge in [0, 0.05) is 19.6 Å². The van der Waals surface area contributed by atoms with Crippen LogP contribution in [-0.2, 0) is 10.0 Å². The average Bonchev–Trinajstić information content (AvgIpc) is 2.62. The Hall–Kier alpha value is -0.130. The van der Waals surface area contributed by atoms with E-state index in [2.05, 4.69) is 5.32 Å². The molecule has 0 aliphatic heterocycles. The van der Waals surface area contributed by atoms with Gasteiger partial charge in [0.05, 0.1) is 5.75 Å². The van der Waals surface area contributed by atoms with Crippen molar-refractivity contribution in [1.82, 2.24) is 9.62 Å². The van der Waals surface area contributed by atoms with Crippen LogP contribution in [0.25, 0.3) is 0 Å². The predicted octanol–water partition coefficient (Wildman–Crippen LogP) is 1.97. The Morgan fingerprint density at radius 2 is 1.78 bits per heavy atom. The van der Waals surface area contributed by atoms with E-state index in [4.69, 9.17) is 0 Å². The summed E-state index contributed by atoms with van der Waals surface area (Å²) in [6, 6.07) is 0.653. The first-order valence-electron chi connectivity index (χ1n) is 7.23. The summed E-state index contributed by atoms with van der Waals surface area (Å²) >= 11 is 0. The molecular formula is C13H28N2O2S. The Balaban J connectivity index is 2.14. The summed E-state index contributed by atoms with van der Waals surface area (Å²) in [6.07, 6.45) is 8.87. The van der Waals surface area contributed by atoms with Gasteiger partial charge in [-0.1, -0.05) is 25.7 Å². The van der Waals surface area contributed by atoms with Gasteiger partial charge in [-0.25, -0.2) is 12.7 Å². The lowest BCUT2D eigenvalue weighted by atomic mass is 10.1. The monoisotopic (exact) mass is 276 g/mol. The van der Waals surface area contributed by atoms with E-state index < -0.39 is 10.0 Å². The van der Waals surface area contributed by atoms with Crippen LogP contribution in [0.3, 0.4) is 0 Å². The highest BCUT2D eigenvalue weighted by Crippen LogP contribution is 2.17. The quantitative estimate of drug-likeness (QED) is 0.571. The molecule has 0 unspecified atom stereocenters. The molecule has 1 saturated carbocycles. The largest absolute Gasteiger partial charge is 0.314 e. The standard InChI is InChI=1S/C13H28N2O2S/c1-3-18(16,17)15(2)12-8-11-14-13-9-6-4-5-7-10-13/h13-14H,3-12H2,1-2H3. The zero-order valence-electron chi connectivity index (χ0n) is 11.8. The van der Waals surface area contributed by atoms with Crippen molar-refractivity contribution in [3.63, 3.8) is 0 Å². The fraction of sp³-hybridized carbons (Fsp3) is 1.00. The van der Waals surface area contributed by atoms with Crippen LogP contribution in [0.4, 0.5) is 0 Å².